The van der Waals surface area contributed by atoms with E-state index >= 15 is 0 Å². The Labute approximate surface area is 121 Å². The third-order valence-electron chi connectivity index (χ3n) is 2.79. The highest BCUT2D eigenvalue weighted by Gasteiger charge is 2.11. The molecule has 0 aliphatic heterocycles. The zero-order chi connectivity index (χ0) is 14.5. The Hall–Kier alpha value is -2.27. The van der Waals surface area contributed by atoms with Crippen molar-refractivity contribution in [2.45, 2.75) is 6.61 Å². The van der Waals surface area contributed by atoms with E-state index in [0.29, 0.717) is 16.3 Å². The third kappa shape index (κ3) is 3.19. The van der Waals surface area contributed by atoms with E-state index < -0.39 is 4.92 Å². The second-order valence-corrected chi connectivity index (χ2v) is 4.47. The van der Waals surface area contributed by atoms with Gasteiger partial charge in [-0.1, -0.05) is 23.7 Å². The topological polar surface area (TPSA) is 64.4 Å². The summed E-state index contributed by atoms with van der Waals surface area (Å²) in [7, 11) is 1.75. The number of halogens is 1. The maximum absolute atomic E-state index is 10.8. The van der Waals surface area contributed by atoms with Crippen molar-refractivity contribution in [3.63, 3.8) is 0 Å². The van der Waals surface area contributed by atoms with Crippen LogP contribution >= 0.6 is 11.6 Å². The minimum Gasteiger partial charge on any atom is -0.487 e. The van der Waals surface area contributed by atoms with Crippen LogP contribution in [0.1, 0.15) is 5.56 Å². The quantitative estimate of drug-likeness (QED) is 0.671. The number of anilines is 1. The van der Waals surface area contributed by atoms with Crippen LogP contribution < -0.4 is 10.1 Å². The van der Waals surface area contributed by atoms with Gasteiger partial charge < -0.3 is 10.1 Å². The summed E-state index contributed by atoms with van der Waals surface area (Å²) < 4.78 is 5.61. The highest BCUT2D eigenvalue weighted by atomic mass is 35.5. The first kappa shape index (κ1) is 14.1. The molecular formula is C14H13ClN2O3. The molecule has 0 fully saturated rings. The summed E-state index contributed by atoms with van der Waals surface area (Å²) in [6.07, 6.45) is 0. The summed E-state index contributed by atoms with van der Waals surface area (Å²) in [5.41, 5.74) is 1.51. The molecule has 104 valence electrons. The maximum atomic E-state index is 10.8. The number of hydrogen-bond acceptors (Lipinski definition) is 4. The first-order valence-electron chi connectivity index (χ1n) is 5.94. The number of nitrogens with one attached hydrogen (secondary N) is 1. The minimum atomic E-state index is -0.432. The van der Waals surface area contributed by atoms with Crippen LogP contribution in [0.4, 0.5) is 11.4 Å². The third-order valence-corrected chi connectivity index (χ3v) is 3.10. The van der Waals surface area contributed by atoms with E-state index in [4.69, 9.17) is 16.3 Å². The van der Waals surface area contributed by atoms with Gasteiger partial charge in [0.2, 0.25) is 0 Å². The van der Waals surface area contributed by atoms with E-state index in [1.54, 1.807) is 25.2 Å². The van der Waals surface area contributed by atoms with Gasteiger partial charge in [0.15, 0.2) is 0 Å². The lowest BCUT2D eigenvalue weighted by atomic mass is 10.1. The largest absolute Gasteiger partial charge is 0.487 e. The molecule has 0 bridgehead atoms. The van der Waals surface area contributed by atoms with Crippen LogP contribution in [0.3, 0.4) is 0 Å². The molecule has 5 nitrogen and oxygen atoms in total. The zero-order valence-corrected chi connectivity index (χ0v) is 11.6. The van der Waals surface area contributed by atoms with Gasteiger partial charge in [0.1, 0.15) is 12.4 Å². The Morgan fingerprint density at radius 3 is 2.70 bits per heavy atom. The van der Waals surface area contributed by atoms with Crippen molar-refractivity contribution in [2.75, 3.05) is 12.4 Å². The summed E-state index contributed by atoms with van der Waals surface area (Å²) in [5.74, 6) is 0.544. The molecule has 0 spiro atoms. The number of nitro benzene ring substituents is 1. The molecular weight excluding hydrogens is 280 g/mol. The van der Waals surface area contributed by atoms with E-state index in [1.165, 1.54) is 12.1 Å². The molecule has 0 saturated carbocycles. The summed E-state index contributed by atoms with van der Waals surface area (Å²) in [5, 5.41) is 14.3. The van der Waals surface area contributed by atoms with Crippen molar-refractivity contribution in [3.8, 4) is 5.75 Å². The van der Waals surface area contributed by atoms with Gasteiger partial charge in [-0.15, -0.1) is 0 Å². The second kappa shape index (κ2) is 6.25. The molecule has 6 heteroatoms. The van der Waals surface area contributed by atoms with Crippen LogP contribution in [0.5, 0.6) is 5.75 Å². The Morgan fingerprint density at radius 2 is 2.05 bits per heavy atom. The molecule has 20 heavy (non-hydrogen) atoms. The molecule has 2 rings (SSSR count). The van der Waals surface area contributed by atoms with Crippen LogP contribution in [0.25, 0.3) is 0 Å². The first-order valence-corrected chi connectivity index (χ1v) is 6.32. The van der Waals surface area contributed by atoms with Crippen molar-refractivity contribution in [3.05, 3.63) is 63.2 Å². The number of para-hydroxylation sites is 1. The van der Waals surface area contributed by atoms with Gasteiger partial charge >= 0.3 is 0 Å². The molecule has 0 amide bonds. The molecule has 2 aromatic rings. The fraction of sp³-hybridized carbons (Fsp3) is 0.143. The second-order valence-electron chi connectivity index (χ2n) is 4.07. The molecule has 0 unspecified atom stereocenters. The molecule has 1 N–H and O–H groups in total. The summed E-state index contributed by atoms with van der Waals surface area (Å²) in [6.45, 7) is 0.196. The van der Waals surface area contributed by atoms with Crippen LogP contribution in [-0.4, -0.2) is 12.0 Å². The van der Waals surface area contributed by atoms with E-state index in [0.717, 1.165) is 5.69 Å². The van der Waals surface area contributed by atoms with Crippen molar-refractivity contribution < 1.29 is 9.66 Å². The Morgan fingerprint density at radius 1 is 1.30 bits per heavy atom. The van der Waals surface area contributed by atoms with Gasteiger partial charge in [-0.25, -0.2) is 0 Å². The van der Waals surface area contributed by atoms with E-state index in [2.05, 4.69) is 5.32 Å². The minimum absolute atomic E-state index is 0.0294. The molecule has 0 saturated heterocycles. The van der Waals surface area contributed by atoms with Gasteiger partial charge in [-0.2, -0.15) is 0 Å². The number of nitro groups is 1. The number of non-ortho nitro benzene ring substituents is 1. The maximum Gasteiger partial charge on any atom is 0.269 e. The smallest absolute Gasteiger partial charge is 0.269 e. The number of nitrogens with zero attached hydrogens (tertiary/aromatic N) is 1. The monoisotopic (exact) mass is 292 g/mol. The highest BCUT2D eigenvalue weighted by molar-refractivity contribution is 6.32. The number of rotatable bonds is 5. The lowest BCUT2D eigenvalue weighted by Gasteiger charge is -2.11. The first-order chi connectivity index (χ1) is 9.61. The Kier molecular flexibility index (Phi) is 4.42. The molecule has 2 aromatic carbocycles. The Bertz CT molecular complexity index is 632. The molecule has 0 heterocycles. The highest BCUT2D eigenvalue weighted by Crippen LogP contribution is 2.27. The number of hydrogen-bond donors (Lipinski definition) is 1. The van der Waals surface area contributed by atoms with E-state index in [9.17, 15) is 10.1 Å². The van der Waals surface area contributed by atoms with E-state index in [-0.39, 0.29) is 12.3 Å². The normalized spacial score (nSPS) is 10.1. The summed E-state index contributed by atoms with van der Waals surface area (Å²) >= 11 is 6.00. The molecule has 0 atom stereocenters. The van der Waals surface area contributed by atoms with Gasteiger partial charge in [0, 0.05) is 30.4 Å². The lowest BCUT2D eigenvalue weighted by Crippen LogP contribution is -2.02. The average molecular weight is 293 g/mol. The number of benzene rings is 2. The SMILES string of the molecule is CNc1ccc([N+](=O)[O-])cc1COc1ccccc1Cl. The zero-order valence-electron chi connectivity index (χ0n) is 10.8. The van der Waals surface area contributed by atoms with Crippen molar-refractivity contribution in [2.24, 2.45) is 0 Å². The molecule has 0 radical (unpaired) electrons. The van der Waals surface area contributed by atoms with Crippen molar-refractivity contribution >= 4 is 23.0 Å². The average Bonchev–Trinajstić information content (AvgIpc) is 2.46. The predicted octanol–water partition coefficient (Wildman–Crippen LogP) is 3.87. The van der Waals surface area contributed by atoms with Crippen LogP contribution in [0.2, 0.25) is 5.02 Å². The van der Waals surface area contributed by atoms with E-state index in [1.807, 2.05) is 12.1 Å². The van der Waals surface area contributed by atoms with Gasteiger partial charge in [0.05, 0.1) is 9.95 Å². The summed E-state index contributed by atoms with van der Waals surface area (Å²) in [6, 6.07) is 11.7. The van der Waals surface area contributed by atoms with Gasteiger partial charge in [-0.3, -0.25) is 10.1 Å². The fourth-order valence-corrected chi connectivity index (χ4v) is 1.96. The molecule has 0 aliphatic carbocycles. The van der Waals surface area contributed by atoms with Crippen LogP contribution in [0, 0.1) is 10.1 Å². The number of ether oxygens (including phenoxy) is 1. The van der Waals surface area contributed by atoms with Crippen molar-refractivity contribution in [1.29, 1.82) is 0 Å². The van der Waals surface area contributed by atoms with Gasteiger partial charge in [-0.05, 0) is 18.2 Å². The van der Waals surface area contributed by atoms with Crippen molar-refractivity contribution in [1.82, 2.24) is 0 Å². The standard InChI is InChI=1S/C14H13ClN2O3/c1-16-13-7-6-11(17(18)19)8-10(13)9-20-14-5-3-2-4-12(14)15/h2-8,16H,9H2,1H3. The van der Waals surface area contributed by atoms with Crippen LogP contribution in [-0.2, 0) is 6.61 Å². The molecule has 0 aliphatic rings. The summed E-state index contributed by atoms with van der Waals surface area (Å²) in [4.78, 5) is 10.4. The lowest BCUT2D eigenvalue weighted by molar-refractivity contribution is -0.384. The predicted molar refractivity (Wildman–Crippen MR) is 78.4 cm³/mol. The molecule has 0 aromatic heterocycles. The Balaban J connectivity index is 2.22. The van der Waals surface area contributed by atoms with Crippen LogP contribution in [0.15, 0.2) is 42.5 Å². The van der Waals surface area contributed by atoms with Gasteiger partial charge in [0.25, 0.3) is 5.69 Å². The fourth-order valence-electron chi connectivity index (χ4n) is 1.77.